The van der Waals surface area contributed by atoms with E-state index in [4.69, 9.17) is 10.8 Å². The van der Waals surface area contributed by atoms with Crippen LogP contribution in [0.3, 0.4) is 0 Å². The summed E-state index contributed by atoms with van der Waals surface area (Å²) in [4.78, 5) is 22.8. The molecular weight excluding hydrogens is 244 g/mol. The van der Waals surface area contributed by atoms with E-state index in [1.54, 1.807) is 0 Å². The minimum absolute atomic E-state index is 0.394. The molecule has 1 amide bonds. The highest BCUT2D eigenvalue weighted by Crippen LogP contribution is 2.03. The van der Waals surface area contributed by atoms with Crippen molar-refractivity contribution in [3.05, 3.63) is 35.9 Å². The average molecular weight is 264 g/mol. The summed E-state index contributed by atoms with van der Waals surface area (Å²) in [6.07, 6.45) is 1.48. The summed E-state index contributed by atoms with van der Waals surface area (Å²) in [6, 6.07) is 7.80. The molecule has 1 aromatic rings. The summed E-state index contributed by atoms with van der Waals surface area (Å²) in [6.45, 7) is 1.87. The quantitative estimate of drug-likeness (QED) is 0.683. The fourth-order valence-corrected chi connectivity index (χ4v) is 1.79. The van der Waals surface area contributed by atoms with Crippen molar-refractivity contribution in [3.63, 3.8) is 0 Å². The van der Waals surface area contributed by atoms with Crippen LogP contribution in [-0.2, 0) is 16.0 Å². The van der Waals surface area contributed by atoms with Crippen LogP contribution in [0.4, 0.5) is 0 Å². The maximum absolute atomic E-state index is 11.8. The van der Waals surface area contributed by atoms with Crippen LogP contribution in [0, 0.1) is 0 Å². The molecule has 0 aromatic heterocycles. The Balaban J connectivity index is 2.54. The number of carboxylic acids is 1. The molecule has 0 saturated heterocycles. The number of aliphatic carboxylic acids is 1. The first-order valence-electron chi connectivity index (χ1n) is 6.37. The molecule has 0 aliphatic carbocycles. The van der Waals surface area contributed by atoms with Crippen molar-refractivity contribution in [2.24, 2.45) is 5.73 Å². The average Bonchev–Trinajstić information content (AvgIpc) is 2.39. The topological polar surface area (TPSA) is 92.4 Å². The van der Waals surface area contributed by atoms with Crippen LogP contribution < -0.4 is 11.1 Å². The number of amides is 1. The van der Waals surface area contributed by atoms with Crippen LogP contribution in [0.5, 0.6) is 0 Å². The summed E-state index contributed by atoms with van der Waals surface area (Å²) < 4.78 is 0. The largest absolute Gasteiger partial charge is 0.480 e. The van der Waals surface area contributed by atoms with Gasteiger partial charge in [0.15, 0.2) is 0 Å². The summed E-state index contributed by atoms with van der Waals surface area (Å²) in [5.74, 6) is -1.45. The van der Waals surface area contributed by atoms with Crippen molar-refractivity contribution in [2.45, 2.75) is 38.3 Å². The number of rotatable bonds is 7. The molecule has 0 fully saturated rings. The second-order valence-electron chi connectivity index (χ2n) is 4.48. The Morgan fingerprint density at radius 3 is 2.47 bits per heavy atom. The smallest absolute Gasteiger partial charge is 0.326 e. The zero-order valence-electron chi connectivity index (χ0n) is 11.0. The SMILES string of the molecule is CCCC(NC(=O)[C@@H](N)Cc1ccccc1)C(=O)O. The summed E-state index contributed by atoms with van der Waals surface area (Å²) in [7, 11) is 0. The third-order valence-corrected chi connectivity index (χ3v) is 2.83. The minimum atomic E-state index is -1.03. The van der Waals surface area contributed by atoms with Gasteiger partial charge in [-0.15, -0.1) is 0 Å². The van der Waals surface area contributed by atoms with E-state index in [0.717, 1.165) is 5.56 Å². The number of hydrogen-bond acceptors (Lipinski definition) is 3. The Morgan fingerprint density at radius 2 is 1.95 bits per heavy atom. The van der Waals surface area contributed by atoms with E-state index in [9.17, 15) is 9.59 Å². The number of carbonyl (C=O) groups is 2. The standard InChI is InChI=1S/C14H20N2O3/c1-2-6-12(14(18)19)16-13(17)11(15)9-10-7-4-3-5-8-10/h3-5,7-8,11-12H,2,6,9,15H2,1H3,(H,16,17)(H,18,19)/t11-,12?/m0/s1. The van der Waals surface area contributed by atoms with Gasteiger partial charge in [-0.1, -0.05) is 43.7 Å². The van der Waals surface area contributed by atoms with Gasteiger partial charge < -0.3 is 16.2 Å². The van der Waals surface area contributed by atoms with E-state index in [1.165, 1.54) is 0 Å². The number of carboxylic acid groups (broad SMARTS) is 1. The number of nitrogens with one attached hydrogen (secondary N) is 1. The number of nitrogens with two attached hydrogens (primary N) is 1. The summed E-state index contributed by atoms with van der Waals surface area (Å²) >= 11 is 0. The van der Waals surface area contributed by atoms with Gasteiger partial charge in [0, 0.05) is 0 Å². The number of benzene rings is 1. The van der Waals surface area contributed by atoms with Gasteiger partial charge in [-0.3, -0.25) is 4.79 Å². The molecule has 0 radical (unpaired) electrons. The first-order valence-corrected chi connectivity index (χ1v) is 6.37. The van der Waals surface area contributed by atoms with Crippen molar-refractivity contribution >= 4 is 11.9 Å². The molecule has 0 aliphatic heterocycles. The molecule has 1 rings (SSSR count). The third kappa shape index (κ3) is 5.09. The van der Waals surface area contributed by atoms with E-state index >= 15 is 0 Å². The van der Waals surface area contributed by atoms with Crippen molar-refractivity contribution in [1.29, 1.82) is 0 Å². The van der Waals surface area contributed by atoms with Crippen LogP contribution in [0.1, 0.15) is 25.3 Å². The van der Waals surface area contributed by atoms with Crippen LogP contribution in [0.25, 0.3) is 0 Å². The Labute approximate surface area is 112 Å². The van der Waals surface area contributed by atoms with E-state index in [0.29, 0.717) is 19.3 Å². The first kappa shape index (κ1) is 15.2. The third-order valence-electron chi connectivity index (χ3n) is 2.83. The van der Waals surface area contributed by atoms with Crippen molar-refractivity contribution < 1.29 is 14.7 Å². The molecule has 4 N–H and O–H groups in total. The molecule has 2 atom stereocenters. The number of carbonyl (C=O) groups excluding carboxylic acids is 1. The maximum atomic E-state index is 11.8. The summed E-state index contributed by atoms with van der Waals surface area (Å²) in [5.41, 5.74) is 6.74. The van der Waals surface area contributed by atoms with Gasteiger partial charge in [-0.25, -0.2) is 4.79 Å². The lowest BCUT2D eigenvalue weighted by Crippen LogP contribution is -2.49. The Hall–Kier alpha value is -1.88. The molecule has 104 valence electrons. The van der Waals surface area contributed by atoms with E-state index in [1.807, 2.05) is 37.3 Å². The molecule has 5 heteroatoms. The van der Waals surface area contributed by atoms with E-state index in [2.05, 4.69) is 5.32 Å². The first-order chi connectivity index (χ1) is 9.04. The summed E-state index contributed by atoms with van der Waals surface area (Å²) in [5, 5.41) is 11.4. The molecule has 0 bridgehead atoms. The van der Waals surface area contributed by atoms with E-state index in [-0.39, 0.29) is 0 Å². The van der Waals surface area contributed by atoms with Gasteiger partial charge in [0.25, 0.3) is 0 Å². The fraction of sp³-hybridized carbons (Fsp3) is 0.429. The zero-order chi connectivity index (χ0) is 14.3. The second kappa shape index (κ2) is 7.53. The predicted molar refractivity (Wildman–Crippen MR) is 72.6 cm³/mol. The minimum Gasteiger partial charge on any atom is -0.480 e. The maximum Gasteiger partial charge on any atom is 0.326 e. The fourth-order valence-electron chi connectivity index (χ4n) is 1.79. The lowest BCUT2D eigenvalue weighted by atomic mass is 10.1. The number of hydrogen-bond donors (Lipinski definition) is 3. The van der Waals surface area contributed by atoms with Crippen LogP contribution in [0.15, 0.2) is 30.3 Å². The lowest BCUT2D eigenvalue weighted by molar-refractivity contribution is -0.142. The van der Waals surface area contributed by atoms with Crippen molar-refractivity contribution in [2.75, 3.05) is 0 Å². The zero-order valence-corrected chi connectivity index (χ0v) is 11.0. The van der Waals surface area contributed by atoms with E-state index < -0.39 is 24.0 Å². The van der Waals surface area contributed by atoms with Gasteiger partial charge in [-0.05, 0) is 18.4 Å². The van der Waals surface area contributed by atoms with Crippen LogP contribution >= 0.6 is 0 Å². The molecule has 0 saturated carbocycles. The highest BCUT2D eigenvalue weighted by atomic mass is 16.4. The Kier molecular flexibility index (Phi) is 6.02. The van der Waals surface area contributed by atoms with Gasteiger partial charge in [-0.2, -0.15) is 0 Å². The van der Waals surface area contributed by atoms with Crippen LogP contribution in [0.2, 0.25) is 0 Å². The van der Waals surface area contributed by atoms with Crippen LogP contribution in [-0.4, -0.2) is 29.1 Å². The van der Waals surface area contributed by atoms with Gasteiger partial charge in [0.05, 0.1) is 6.04 Å². The van der Waals surface area contributed by atoms with Crippen molar-refractivity contribution in [1.82, 2.24) is 5.32 Å². The Bertz CT molecular complexity index is 420. The molecular formula is C14H20N2O3. The predicted octanol–water partition coefficient (Wildman–Crippen LogP) is 0.926. The highest BCUT2D eigenvalue weighted by molar-refractivity contribution is 5.86. The lowest BCUT2D eigenvalue weighted by Gasteiger charge is -2.17. The van der Waals surface area contributed by atoms with Gasteiger partial charge >= 0.3 is 5.97 Å². The molecule has 19 heavy (non-hydrogen) atoms. The molecule has 0 spiro atoms. The second-order valence-corrected chi connectivity index (χ2v) is 4.48. The van der Waals surface area contributed by atoms with Gasteiger partial charge in [0.2, 0.25) is 5.91 Å². The van der Waals surface area contributed by atoms with Gasteiger partial charge in [0.1, 0.15) is 6.04 Å². The van der Waals surface area contributed by atoms with Crippen molar-refractivity contribution in [3.8, 4) is 0 Å². The molecule has 5 nitrogen and oxygen atoms in total. The molecule has 0 heterocycles. The monoisotopic (exact) mass is 264 g/mol. The molecule has 1 aromatic carbocycles. The highest BCUT2D eigenvalue weighted by Gasteiger charge is 2.22. The Morgan fingerprint density at radius 1 is 1.32 bits per heavy atom. The normalized spacial score (nSPS) is 13.6. The molecule has 1 unspecified atom stereocenters. The molecule has 0 aliphatic rings.